The average Bonchev–Trinajstić information content (AvgIpc) is 3.41. The van der Waals surface area contributed by atoms with Gasteiger partial charge in [-0.2, -0.15) is 13.2 Å². The second kappa shape index (κ2) is 14.8. The van der Waals surface area contributed by atoms with Crippen molar-refractivity contribution in [1.29, 1.82) is 0 Å². The summed E-state index contributed by atoms with van der Waals surface area (Å²) in [6, 6.07) is 19.7. The fourth-order valence-electron chi connectivity index (χ4n) is 5.26. The lowest BCUT2D eigenvalue weighted by atomic mass is 10.00. The van der Waals surface area contributed by atoms with Crippen molar-refractivity contribution < 1.29 is 32.7 Å². The van der Waals surface area contributed by atoms with E-state index in [2.05, 4.69) is 10.6 Å². The minimum atomic E-state index is -4.51. The van der Waals surface area contributed by atoms with Crippen molar-refractivity contribution in [3.8, 4) is 0 Å². The van der Waals surface area contributed by atoms with E-state index in [9.17, 15) is 32.7 Å². The molecule has 3 aromatic rings. The first-order chi connectivity index (χ1) is 21.4. The van der Waals surface area contributed by atoms with Crippen molar-refractivity contribution in [3.63, 3.8) is 0 Å². The van der Waals surface area contributed by atoms with Crippen LogP contribution in [0.15, 0.2) is 78.9 Å². The number of rotatable bonds is 12. The topological polar surface area (TPSA) is 102 Å². The third-order valence-corrected chi connectivity index (χ3v) is 9.08. The molecule has 3 aromatic carbocycles. The molecule has 0 aliphatic carbocycles. The number of carbonyl (C=O) groups excluding carboxylic acids is 3. The van der Waals surface area contributed by atoms with Crippen LogP contribution in [0, 0.1) is 6.92 Å². The highest BCUT2D eigenvalue weighted by atomic mass is 32.2. The van der Waals surface area contributed by atoms with Crippen molar-refractivity contribution in [3.05, 3.63) is 107 Å². The van der Waals surface area contributed by atoms with Gasteiger partial charge >= 0.3 is 12.2 Å². The minimum absolute atomic E-state index is 0.137. The maximum absolute atomic E-state index is 13.5. The van der Waals surface area contributed by atoms with Crippen LogP contribution in [0.5, 0.6) is 0 Å². The Morgan fingerprint density at radius 2 is 1.76 bits per heavy atom. The van der Waals surface area contributed by atoms with Crippen LogP contribution >= 0.6 is 11.8 Å². The van der Waals surface area contributed by atoms with E-state index in [-0.39, 0.29) is 25.1 Å². The van der Waals surface area contributed by atoms with Crippen LogP contribution in [0.4, 0.5) is 18.0 Å². The number of benzene rings is 3. The molecule has 45 heavy (non-hydrogen) atoms. The predicted molar refractivity (Wildman–Crippen MR) is 167 cm³/mol. The van der Waals surface area contributed by atoms with Crippen LogP contribution in [0.3, 0.4) is 0 Å². The van der Waals surface area contributed by atoms with E-state index in [1.165, 1.54) is 28.8 Å². The van der Waals surface area contributed by atoms with Crippen LogP contribution in [0.25, 0.3) is 0 Å². The second-order valence-corrected chi connectivity index (χ2v) is 13.0. The first-order valence-corrected chi connectivity index (χ1v) is 15.4. The Morgan fingerprint density at radius 3 is 2.44 bits per heavy atom. The van der Waals surface area contributed by atoms with Gasteiger partial charge in [-0.15, -0.1) is 11.8 Å². The number of nitrogens with one attached hydrogen (secondary N) is 2. The van der Waals surface area contributed by atoms with E-state index in [4.69, 9.17) is 0 Å². The summed E-state index contributed by atoms with van der Waals surface area (Å²) in [6.45, 7) is 4.87. The van der Waals surface area contributed by atoms with E-state index >= 15 is 0 Å². The fraction of sp³-hybridized carbons (Fsp3) is 0.364. The third kappa shape index (κ3) is 9.48. The zero-order chi connectivity index (χ0) is 32.6. The first-order valence-electron chi connectivity index (χ1n) is 14.5. The third-order valence-electron chi connectivity index (χ3n) is 7.68. The van der Waals surface area contributed by atoms with E-state index < -0.39 is 40.6 Å². The Kier molecular flexibility index (Phi) is 11.2. The van der Waals surface area contributed by atoms with Gasteiger partial charge in [0.1, 0.15) is 0 Å². The zero-order valence-electron chi connectivity index (χ0n) is 25.1. The van der Waals surface area contributed by atoms with Crippen LogP contribution in [0.1, 0.15) is 34.7 Å². The molecule has 4 amide bonds. The SMILES string of the molecule is Cc1ccccc1CN(C=O)CC1(C)CN(C(=O)C(O)C(Cc2ccccc2)NC(=O)NCc2cccc(C(F)(F)F)c2)CS1. The number of nitrogens with zero attached hydrogens (tertiary/aromatic N) is 2. The summed E-state index contributed by atoms with van der Waals surface area (Å²) < 4.78 is 38.8. The van der Waals surface area contributed by atoms with Gasteiger partial charge in [0.05, 0.1) is 22.2 Å². The van der Waals surface area contributed by atoms with Gasteiger partial charge in [-0.3, -0.25) is 9.59 Å². The van der Waals surface area contributed by atoms with Crippen molar-refractivity contribution in [2.45, 2.75) is 56.4 Å². The molecule has 1 heterocycles. The number of hydrogen-bond acceptors (Lipinski definition) is 5. The van der Waals surface area contributed by atoms with Gasteiger partial charge in [-0.05, 0) is 54.7 Å². The Morgan fingerprint density at radius 1 is 1.07 bits per heavy atom. The lowest BCUT2D eigenvalue weighted by Gasteiger charge is -2.31. The Balaban J connectivity index is 1.40. The van der Waals surface area contributed by atoms with Crippen LogP contribution in [-0.2, 0) is 35.3 Å². The molecule has 12 heteroatoms. The van der Waals surface area contributed by atoms with E-state index in [0.29, 0.717) is 19.0 Å². The molecule has 0 radical (unpaired) electrons. The molecule has 0 spiro atoms. The summed E-state index contributed by atoms with van der Waals surface area (Å²) in [7, 11) is 0. The standard InChI is InChI=1S/C33H37F3N4O4S/c1-23-9-6-7-13-26(23)18-39(21-41)19-32(2)20-40(22-45-32)30(43)29(42)28(16-24-10-4-3-5-11-24)38-31(44)37-17-25-12-8-14-27(15-25)33(34,35)36/h3-15,21,28-29,42H,16-20,22H2,1-2H3,(H2,37,38,44). The molecule has 8 nitrogen and oxygen atoms in total. The Hall–Kier alpha value is -4.03. The zero-order valence-corrected chi connectivity index (χ0v) is 25.9. The molecule has 240 valence electrons. The minimum Gasteiger partial charge on any atom is -0.381 e. The molecule has 0 saturated carbocycles. The number of carbonyl (C=O) groups is 3. The number of hydrogen-bond donors (Lipinski definition) is 3. The number of urea groups is 1. The van der Waals surface area contributed by atoms with Crippen molar-refractivity contribution in [2.75, 3.05) is 19.0 Å². The quantitative estimate of drug-likeness (QED) is 0.248. The van der Waals surface area contributed by atoms with Gasteiger partial charge in [0.25, 0.3) is 5.91 Å². The molecule has 0 aromatic heterocycles. The molecular formula is C33H37F3N4O4S. The van der Waals surface area contributed by atoms with Crippen molar-refractivity contribution in [1.82, 2.24) is 20.4 Å². The van der Waals surface area contributed by atoms with Gasteiger partial charge in [-0.1, -0.05) is 66.7 Å². The molecule has 0 bridgehead atoms. The average molecular weight is 643 g/mol. The Labute approximate surface area is 265 Å². The van der Waals surface area contributed by atoms with Crippen LogP contribution < -0.4 is 10.6 Å². The van der Waals surface area contributed by atoms with E-state index in [1.807, 2.05) is 44.2 Å². The Bertz CT molecular complexity index is 1480. The fourth-order valence-corrected chi connectivity index (χ4v) is 6.45. The first kappa shape index (κ1) is 33.9. The summed E-state index contributed by atoms with van der Waals surface area (Å²) in [5, 5.41) is 16.4. The molecular weight excluding hydrogens is 605 g/mol. The van der Waals surface area contributed by atoms with Crippen LogP contribution in [0.2, 0.25) is 0 Å². The van der Waals surface area contributed by atoms with Crippen molar-refractivity contribution in [2.24, 2.45) is 0 Å². The number of amides is 4. The maximum Gasteiger partial charge on any atom is 0.416 e. The molecule has 3 N–H and O–H groups in total. The van der Waals surface area contributed by atoms with Gasteiger partial charge in [0.2, 0.25) is 6.41 Å². The number of aryl methyl sites for hydroxylation is 1. The number of aliphatic hydroxyl groups excluding tert-OH is 1. The smallest absolute Gasteiger partial charge is 0.381 e. The largest absolute Gasteiger partial charge is 0.416 e. The number of thioether (sulfide) groups is 1. The molecule has 3 unspecified atom stereocenters. The molecule has 1 saturated heterocycles. The number of alkyl halides is 3. The maximum atomic E-state index is 13.5. The van der Waals surface area contributed by atoms with Gasteiger partial charge in [-0.25, -0.2) is 4.79 Å². The monoisotopic (exact) mass is 642 g/mol. The summed E-state index contributed by atoms with van der Waals surface area (Å²) in [5.74, 6) is -0.273. The highest BCUT2D eigenvalue weighted by Gasteiger charge is 2.41. The highest BCUT2D eigenvalue weighted by Crippen LogP contribution is 2.35. The predicted octanol–water partition coefficient (Wildman–Crippen LogP) is 4.74. The molecule has 3 atom stereocenters. The number of halogens is 3. The molecule has 4 rings (SSSR count). The second-order valence-electron chi connectivity index (χ2n) is 11.5. The lowest BCUT2D eigenvalue weighted by molar-refractivity contribution is -0.140. The van der Waals surface area contributed by atoms with Gasteiger partial charge < -0.3 is 25.5 Å². The summed E-state index contributed by atoms with van der Waals surface area (Å²) in [6.07, 6.45) is -5.17. The summed E-state index contributed by atoms with van der Waals surface area (Å²) in [4.78, 5) is 41.5. The summed E-state index contributed by atoms with van der Waals surface area (Å²) >= 11 is 1.51. The molecule has 1 aliphatic rings. The number of aliphatic hydroxyl groups is 1. The summed E-state index contributed by atoms with van der Waals surface area (Å²) in [5.41, 5.74) is 2.29. The highest BCUT2D eigenvalue weighted by molar-refractivity contribution is 8.00. The van der Waals surface area contributed by atoms with Crippen molar-refractivity contribution >= 4 is 30.1 Å². The lowest BCUT2D eigenvalue weighted by Crippen LogP contribution is -2.54. The molecule has 1 fully saturated rings. The normalized spacial score (nSPS) is 17.8. The molecule has 1 aliphatic heterocycles. The van der Waals surface area contributed by atoms with Crippen LogP contribution in [-0.4, -0.2) is 69.1 Å². The van der Waals surface area contributed by atoms with E-state index in [0.717, 1.165) is 35.2 Å². The van der Waals surface area contributed by atoms with Gasteiger partial charge in [0, 0.05) is 26.2 Å². The van der Waals surface area contributed by atoms with Gasteiger partial charge in [0.15, 0.2) is 6.10 Å². The van der Waals surface area contributed by atoms with E-state index in [1.54, 1.807) is 29.2 Å².